The maximum atomic E-state index is 11.1. The summed E-state index contributed by atoms with van der Waals surface area (Å²) in [6, 6.07) is 4.45. The van der Waals surface area contributed by atoms with Crippen LogP contribution in [0.2, 0.25) is 0 Å². The van der Waals surface area contributed by atoms with E-state index in [1.807, 2.05) is 19.9 Å². The molecule has 0 spiro atoms. The van der Waals surface area contributed by atoms with Crippen LogP contribution in [0, 0.1) is 17.2 Å². The normalized spacial score (nSPS) is 11.9. The average molecular weight is 233 g/mol. The third kappa shape index (κ3) is 4.11. The van der Waals surface area contributed by atoms with Gasteiger partial charge in [0.1, 0.15) is 17.8 Å². The van der Waals surface area contributed by atoms with E-state index in [9.17, 15) is 4.79 Å². The lowest BCUT2D eigenvalue weighted by molar-refractivity contribution is -0.138. The molecule has 0 radical (unpaired) electrons. The van der Waals surface area contributed by atoms with Gasteiger partial charge in [-0.25, -0.2) is 9.78 Å². The van der Waals surface area contributed by atoms with E-state index in [0.29, 0.717) is 12.1 Å². The Labute approximate surface area is 100 Å². The summed E-state index contributed by atoms with van der Waals surface area (Å²) >= 11 is 0. The number of nitrogens with zero attached hydrogens (tertiary/aromatic N) is 2. The van der Waals surface area contributed by atoms with Gasteiger partial charge in [0.2, 0.25) is 0 Å². The third-order valence-electron chi connectivity index (χ3n) is 2.22. The second-order valence-electron chi connectivity index (χ2n) is 4.21. The van der Waals surface area contributed by atoms with Crippen molar-refractivity contribution >= 4 is 11.7 Å². The Hall–Kier alpha value is -2.09. The van der Waals surface area contributed by atoms with E-state index in [-0.39, 0.29) is 11.6 Å². The molecule has 90 valence electrons. The molecule has 0 saturated carbocycles. The molecule has 1 atom stereocenters. The zero-order valence-electron chi connectivity index (χ0n) is 9.84. The summed E-state index contributed by atoms with van der Waals surface area (Å²) in [6.45, 7) is 3.93. The first-order chi connectivity index (χ1) is 8.02. The minimum Gasteiger partial charge on any atom is -0.480 e. The number of pyridine rings is 1. The van der Waals surface area contributed by atoms with Gasteiger partial charge in [0.15, 0.2) is 0 Å². The Bertz CT molecular complexity index is 438. The molecule has 0 aliphatic heterocycles. The molecule has 1 aromatic heterocycles. The highest BCUT2D eigenvalue weighted by Crippen LogP contribution is 2.13. The number of carboxylic acids is 1. The molecular weight excluding hydrogens is 218 g/mol. The summed E-state index contributed by atoms with van der Waals surface area (Å²) in [5, 5.41) is 20.7. The molecule has 0 fully saturated rings. The molecule has 1 aromatic rings. The van der Waals surface area contributed by atoms with Crippen LogP contribution in [-0.2, 0) is 4.79 Å². The van der Waals surface area contributed by atoms with Crippen LogP contribution in [0.5, 0.6) is 0 Å². The Kier molecular flexibility index (Phi) is 4.46. The van der Waals surface area contributed by atoms with Crippen molar-refractivity contribution in [1.82, 2.24) is 4.98 Å². The lowest BCUT2D eigenvalue weighted by atomic mass is 10.0. The molecular formula is C12H15N3O2. The first kappa shape index (κ1) is 13.0. The summed E-state index contributed by atoms with van der Waals surface area (Å²) in [5.41, 5.74) is 0.869. The van der Waals surface area contributed by atoms with Crippen molar-refractivity contribution in [1.29, 1.82) is 5.26 Å². The van der Waals surface area contributed by atoms with Gasteiger partial charge in [-0.1, -0.05) is 13.8 Å². The number of anilines is 1. The number of nitrogens with one attached hydrogen (secondary N) is 1. The number of aliphatic carboxylic acids is 1. The molecule has 5 heteroatoms. The van der Waals surface area contributed by atoms with Crippen molar-refractivity contribution in [3.8, 4) is 6.07 Å². The minimum absolute atomic E-state index is 0.267. The summed E-state index contributed by atoms with van der Waals surface area (Å²) in [4.78, 5) is 14.9. The maximum Gasteiger partial charge on any atom is 0.326 e. The van der Waals surface area contributed by atoms with Gasteiger partial charge in [-0.3, -0.25) is 0 Å². The zero-order chi connectivity index (χ0) is 12.8. The summed E-state index contributed by atoms with van der Waals surface area (Å²) in [7, 11) is 0. The van der Waals surface area contributed by atoms with Crippen LogP contribution in [0.15, 0.2) is 18.3 Å². The van der Waals surface area contributed by atoms with Crippen LogP contribution in [0.25, 0.3) is 0 Å². The van der Waals surface area contributed by atoms with Gasteiger partial charge >= 0.3 is 5.97 Å². The molecule has 0 aliphatic carbocycles. The number of nitriles is 1. The average Bonchev–Trinajstić information content (AvgIpc) is 2.27. The van der Waals surface area contributed by atoms with Crippen LogP contribution in [0.3, 0.4) is 0 Å². The lowest BCUT2D eigenvalue weighted by Crippen LogP contribution is -2.30. The van der Waals surface area contributed by atoms with E-state index in [4.69, 9.17) is 10.4 Å². The molecule has 0 bridgehead atoms. The number of hydrogen-bond acceptors (Lipinski definition) is 4. The molecule has 0 aliphatic rings. The van der Waals surface area contributed by atoms with E-state index >= 15 is 0 Å². The molecule has 1 unspecified atom stereocenters. The van der Waals surface area contributed by atoms with E-state index in [1.165, 1.54) is 12.3 Å². The van der Waals surface area contributed by atoms with Crippen molar-refractivity contribution in [2.45, 2.75) is 26.3 Å². The highest BCUT2D eigenvalue weighted by molar-refractivity contribution is 5.77. The fourth-order valence-electron chi connectivity index (χ4n) is 1.48. The van der Waals surface area contributed by atoms with Gasteiger partial charge in [0.05, 0.1) is 0 Å². The molecule has 1 rings (SSSR count). The second-order valence-corrected chi connectivity index (χ2v) is 4.21. The number of aromatic nitrogens is 1. The molecule has 0 saturated heterocycles. The van der Waals surface area contributed by atoms with Gasteiger partial charge < -0.3 is 10.4 Å². The van der Waals surface area contributed by atoms with E-state index in [0.717, 1.165) is 0 Å². The first-order valence-corrected chi connectivity index (χ1v) is 5.38. The number of hydrogen-bond donors (Lipinski definition) is 2. The molecule has 5 nitrogen and oxygen atoms in total. The summed E-state index contributed by atoms with van der Waals surface area (Å²) in [6.07, 6.45) is 2.01. The molecule has 0 aromatic carbocycles. The highest BCUT2D eigenvalue weighted by Gasteiger charge is 2.18. The zero-order valence-corrected chi connectivity index (χ0v) is 9.84. The Morgan fingerprint density at radius 3 is 2.88 bits per heavy atom. The first-order valence-electron chi connectivity index (χ1n) is 5.38. The maximum absolute atomic E-state index is 11.1. The van der Waals surface area contributed by atoms with Crippen LogP contribution >= 0.6 is 0 Å². The van der Waals surface area contributed by atoms with Crippen molar-refractivity contribution in [3.63, 3.8) is 0 Å². The van der Waals surface area contributed by atoms with Crippen molar-refractivity contribution in [2.24, 2.45) is 5.92 Å². The van der Waals surface area contributed by atoms with Crippen LogP contribution in [0.4, 0.5) is 5.69 Å². The Morgan fingerprint density at radius 1 is 1.65 bits per heavy atom. The number of rotatable bonds is 5. The molecule has 1 heterocycles. The fourth-order valence-corrected chi connectivity index (χ4v) is 1.48. The smallest absolute Gasteiger partial charge is 0.326 e. The van der Waals surface area contributed by atoms with Crippen molar-refractivity contribution in [2.75, 3.05) is 5.32 Å². The van der Waals surface area contributed by atoms with Gasteiger partial charge in [-0.15, -0.1) is 0 Å². The summed E-state index contributed by atoms with van der Waals surface area (Å²) in [5.74, 6) is -0.616. The largest absolute Gasteiger partial charge is 0.480 e. The van der Waals surface area contributed by atoms with Crippen LogP contribution in [0.1, 0.15) is 26.0 Å². The van der Waals surface area contributed by atoms with Gasteiger partial charge in [-0.05, 0) is 24.5 Å². The monoisotopic (exact) mass is 233 g/mol. The summed E-state index contributed by atoms with van der Waals surface area (Å²) < 4.78 is 0. The van der Waals surface area contributed by atoms with Gasteiger partial charge in [-0.2, -0.15) is 5.26 Å². The van der Waals surface area contributed by atoms with Gasteiger partial charge in [0, 0.05) is 11.9 Å². The van der Waals surface area contributed by atoms with E-state index < -0.39 is 12.0 Å². The second kappa shape index (κ2) is 5.85. The number of carbonyl (C=O) groups is 1. The Balaban J connectivity index is 2.79. The SMILES string of the molecule is CC(C)CC(Nc1ccnc(C#N)c1)C(=O)O. The standard InChI is InChI=1S/C12H15N3O2/c1-8(2)5-11(12(16)17)15-9-3-4-14-10(6-9)7-13/h3-4,6,8,11H,5H2,1-2H3,(H,14,15)(H,16,17). The minimum atomic E-state index is -0.894. The molecule has 17 heavy (non-hydrogen) atoms. The van der Waals surface area contributed by atoms with E-state index in [2.05, 4.69) is 10.3 Å². The Morgan fingerprint density at radius 2 is 2.35 bits per heavy atom. The molecule has 0 amide bonds. The van der Waals surface area contributed by atoms with Crippen LogP contribution < -0.4 is 5.32 Å². The fraction of sp³-hybridized carbons (Fsp3) is 0.417. The van der Waals surface area contributed by atoms with Crippen molar-refractivity contribution < 1.29 is 9.90 Å². The predicted molar refractivity (Wildman–Crippen MR) is 63.5 cm³/mol. The van der Waals surface area contributed by atoms with E-state index in [1.54, 1.807) is 6.07 Å². The molecule has 2 N–H and O–H groups in total. The predicted octanol–water partition coefficient (Wildman–Crippen LogP) is 1.86. The lowest BCUT2D eigenvalue weighted by Gasteiger charge is -2.17. The topological polar surface area (TPSA) is 86.0 Å². The highest BCUT2D eigenvalue weighted by atomic mass is 16.4. The van der Waals surface area contributed by atoms with Crippen molar-refractivity contribution in [3.05, 3.63) is 24.0 Å². The number of carboxylic acid groups (broad SMARTS) is 1. The van der Waals surface area contributed by atoms with Gasteiger partial charge in [0.25, 0.3) is 0 Å². The quantitative estimate of drug-likeness (QED) is 0.810. The van der Waals surface area contributed by atoms with Crippen LogP contribution in [-0.4, -0.2) is 22.1 Å². The third-order valence-corrected chi connectivity index (χ3v) is 2.22.